The van der Waals surface area contributed by atoms with E-state index < -0.39 is 5.97 Å². The first-order valence-electron chi connectivity index (χ1n) is 6.68. The highest BCUT2D eigenvalue weighted by Crippen LogP contribution is 2.28. The summed E-state index contributed by atoms with van der Waals surface area (Å²) in [5, 5.41) is 9.17. The van der Waals surface area contributed by atoms with Crippen LogP contribution in [0.3, 0.4) is 0 Å². The Kier molecular flexibility index (Phi) is 4.41. The summed E-state index contributed by atoms with van der Waals surface area (Å²) >= 11 is 0. The second-order valence-electron chi connectivity index (χ2n) is 4.89. The number of aryl methyl sites for hydroxylation is 1. The summed E-state index contributed by atoms with van der Waals surface area (Å²) in [6.07, 6.45) is 0. The number of hydrogen-bond acceptors (Lipinski definition) is 2. The molecule has 1 N–H and O–H groups in total. The maximum absolute atomic E-state index is 11.2. The number of aliphatic carboxylic acids is 1. The van der Waals surface area contributed by atoms with Crippen LogP contribution in [0.2, 0.25) is 0 Å². The van der Waals surface area contributed by atoms with E-state index in [9.17, 15) is 4.79 Å². The van der Waals surface area contributed by atoms with Crippen molar-refractivity contribution < 1.29 is 9.90 Å². The first-order chi connectivity index (χ1) is 9.59. The average molecular weight is 269 g/mol. The van der Waals surface area contributed by atoms with Crippen molar-refractivity contribution in [3.05, 3.63) is 65.7 Å². The lowest BCUT2D eigenvalue weighted by atomic mass is 10.0. The van der Waals surface area contributed by atoms with Gasteiger partial charge in [-0.25, -0.2) is 0 Å². The van der Waals surface area contributed by atoms with Crippen molar-refractivity contribution in [2.24, 2.45) is 0 Å². The molecule has 2 rings (SSSR count). The molecular formula is C17H19NO2. The smallest absolute Gasteiger partial charge is 0.323 e. The number of nitrogens with zero attached hydrogens (tertiary/aromatic N) is 1. The van der Waals surface area contributed by atoms with Crippen molar-refractivity contribution in [3.63, 3.8) is 0 Å². The van der Waals surface area contributed by atoms with Gasteiger partial charge >= 0.3 is 5.97 Å². The van der Waals surface area contributed by atoms with E-state index in [4.69, 9.17) is 5.11 Å². The topological polar surface area (TPSA) is 40.5 Å². The summed E-state index contributed by atoms with van der Waals surface area (Å²) in [7, 11) is 0. The molecule has 3 heteroatoms. The molecular weight excluding hydrogens is 250 g/mol. The van der Waals surface area contributed by atoms with E-state index in [0.29, 0.717) is 0 Å². The van der Waals surface area contributed by atoms with Gasteiger partial charge in [-0.1, -0.05) is 42.5 Å². The molecule has 0 spiro atoms. The predicted molar refractivity (Wildman–Crippen MR) is 81.0 cm³/mol. The van der Waals surface area contributed by atoms with Gasteiger partial charge in [0.1, 0.15) is 6.54 Å². The standard InChI is InChI=1S/C17H19NO2/c1-13-8-6-7-11-16(13)14(2)18(12-17(19)20)15-9-4-3-5-10-15/h3-11,14H,12H2,1-2H3,(H,19,20). The highest BCUT2D eigenvalue weighted by Gasteiger charge is 2.19. The van der Waals surface area contributed by atoms with Crippen molar-refractivity contribution in [1.29, 1.82) is 0 Å². The molecule has 104 valence electrons. The van der Waals surface area contributed by atoms with Crippen molar-refractivity contribution in [2.45, 2.75) is 19.9 Å². The highest BCUT2D eigenvalue weighted by atomic mass is 16.4. The van der Waals surface area contributed by atoms with Gasteiger partial charge in [-0.05, 0) is 37.1 Å². The van der Waals surface area contributed by atoms with Crippen molar-refractivity contribution >= 4 is 11.7 Å². The van der Waals surface area contributed by atoms with E-state index >= 15 is 0 Å². The van der Waals surface area contributed by atoms with Crippen molar-refractivity contribution in [1.82, 2.24) is 0 Å². The Morgan fingerprint density at radius 1 is 1.10 bits per heavy atom. The Balaban J connectivity index is 2.37. The van der Waals surface area contributed by atoms with E-state index in [1.165, 1.54) is 5.56 Å². The van der Waals surface area contributed by atoms with Crippen LogP contribution in [-0.2, 0) is 4.79 Å². The Morgan fingerprint density at radius 3 is 2.30 bits per heavy atom. The molecule has 3 nitrogen and oxygen atoms in total. The Morgan fingerprint density at radius 2 is 1.70 bits per heavy atom. The van der Waals surface area contributed by atoms with Gasteiger partial charge < -0.3 is 10.0 Å². The SMILES string of the molecule is Cc1ccccc1C(C)N(CC(=O)O)c1ccccc1. The zero-order chi connectivity index (χ0) is 14.5. The maximum atomic E-state index is 11.2. The molecule has 2 aromatic rings. The number of rotatable bonds is 5. The van der Waals surface area contributed by atoms with Crippen LogP contribution in [0.4, 0.5) is 5.69 Å². The summed E-state index contributed by atoms with van der Waals surface area (Å²) < 4.78 is 0. The number of para-hydroxylation sites is 1. The molecule has 0 bridgehead atoms. The summed E-state index contributed by atoms with van der Waals surface area (Å²) in [5.74, 6) is -0.825. The van der Waals surface area contributed by atoms with Gasteiger partial charge in [-0.2, -0.15) is 0 Å². The summed E-state index contributed by atoms with van der Waals surface area (Å²) in [4.78, 5) is 13.1. The maximum Gasteiger partial charge on any atom is 0.323 e. The molecule has 0 fully saturated rings. The lowest BCUT2D eigenvalue weighted by Gasteiger charge is -2.31. The minimum Gasteiger partial charge on any atom is -0.480 e. The Hall–Kier alpha value is -2.29. The fraction of sp³-hybridized carbons (Fsp3) is 0.235. The van der Waals surface area contributed by atoms with E-state index in [2.05, 4.69) is 19.1 Å². The Labute approximate surface area is 119 Å². The van der Waals surface area contributed by atoms with Crippen molar-refractivity contribution in [2.75, 3.05) is 11.4 Å². The molecule has 0 radical (unpaired) electrons. The number of anilines is 1. The van der Waals surface area contributed by atoms with Crippen molar-refractivity contribution in [3.8, 4) is 0 Å². The second kappa shape index (κ2) is 6.24. The third kappa shape index (κ3) is 3.18. The lowest BCUT2D eigenvalue weighted by Crippen LogP contribution is -2.32. The first-order valence-corrected chi connectivity index (χ1v) is 6.68. The lowest BCUT2D eigenvalue weighted by molar-refractivity contribution is -0.135. The molecule has 0 amide bonds. The molecule has 1 atom stereocenters. The van der Waals surface area contributed by atoms with Crippen LogP contribution in [0, 0.1) is 6.92 Å². The minimum absolute atomic E-state index is 0.00898. The molecule has 0 aromatic heterocycles. The molecule has 0 aliphatic heterocycles. The van der Waals surface area contributed by atoms with Crippen LogP contribution < -0.4 is 4.90 Å². The number of benzene rings is 2. The van der Waals surface area contributed by atoms with E-state index in [0.717, 1.165) is 11.3 Å². The van der Waals surface area contributed by atoms with Gasteiger partial charge in [0.05, 0.1) is 6.04 Å². The second-order valence-corrected chi connectivity index (χ2v) is 4.89. The highest BCUT2D eigenvalue weighted by molar-refractivity contribution is 5.74. The largest absolute Gasteiger partial charge is 0.480 e. The minimum atomic E-state index is -0.825. The molecule has 0 saturated carbocycles. The number of carboxylic acid groups (broad SMARTS) is 1. The average Bonchev–Trinajstić information content (AvgIpc) is 2.45. The van der Waals surface area contributed by atoms with Gasteiger partial charge in [-0.3, -0.25) is 4.79 Å². The number of carbonyl (C=O) groups is 1. The van der Waals surface area contributed by atoms with Gasteiger partial charge in [-0.15, -0.1) is 0 Å². The quantitative estimate of drug-likeness (QED) is 0.900. The zero-order valence-electron chi connectivity index (χ0n) is 11.8. The van der Waals surface area contributed by atoms with Crippen LogP contribution in [0.15, 0.2) is 54.6 Å². The molecule has 0 saturated heterocycles. The van der Waals surface area contributed by atoms with Crippen LogP contribution in [-0.4, -0.2) is 17.6 Å². The van der Waals surface area contributed by atoms with E-state index in [-0.39, 0.29) is 12.6 Å². The fourth-order valence-electron chi connectivity index (χ4n) is 2.44. The Bertz CT molecular complexity index is 581. The third-order valence-corrected chi connectivity index (χ3v) is 3.50. The van der Waals surface area contributed by atoms with Crippen LogP contribution in [0.5, 0.6) is 0 Å². The first kappa shape index (κ1) is 14.1. The van der Waals surface area contributed by atoms with E-state index in [1.807, 2.05) is 54.3 Å². The van der Waals surface area contributed by atoms with Crippen LogP contribution in [0.25, 0.3) is 0 Å². The van der Waals surface area contributed by atoms with E-state index in [1.54, 1.807) is 0 Å². The summed E-state index contributed by atoms with van der Waals surface area (Å²) in [5.41, 5.74) is 3.24. The molecule has 0 aliphatic rings. The van der Waals surface area contributed by atoms with Gasteiger partial charge in [0.2, 0.25) is 0 Å². The zero-order valence-corrected chi connectivity index (χ0v) is 11.8. The third-order valence-electron chi connectivity index (χ3n) is 3.50. The number of hydrogen-bond donors (Lipinski definition) is 1. The normalized spacial score (nSPS) is 11.9. The fourth-order valence-corrected chi connectivity index (χ4v) is 2.44. The predicted octanol–water partition coefficient (Wildman–Crippen LogP) is 3.65. The number of carboxylic acids is 1. The molecule has 2 aromatic carbocycles. The van der Waals surface area contributed by atoms with Gasteiger partial charge in [0, 0.05) is 5.69 Å². The monoisotopic (exact) mass is 269 g/mol. The summed E-state index contributed by atoms with van der Waals surface area (Å²) in [6, 6.07) is 17.8. The van der Waals surface area contributed by atoms with Crippen LogP contribution in [0.1, 0.15) is 24.1 Å². The summed E-state index contributed by atoms with van der Waals surface area (Å²) in [6.45, 7) is 4.08. The molecule has 0 heterocycles. The molecule has 1 unspecified atom stereocenters. The van der Waals surface area contributed by atoms with Crippen LogP contribution >= 0.6 is 0 Å². The van der Waals surface area contributed by atoms with Gasteiger partial charge in [0.15, 0.2) is 0 Å². The molecule has 0 aliphatic carbocycles. The van der Waals surface area contributed by atoms with Gasteiger partial charge in [0.25, 0.3) is 0 Å². The molecule has 20 heavy (non-hydrogen) atoms.